The minimum atomic E-state index is -3.13. The van der Waals surface area contributed by atoms with Gasteiger partial charge in [0.05, 0.1) is 12.4 Å². The van der Waals surface area contributed by atoms with E-state index in [1.807, 2.05) is 0 Å². The van der Waals surface area contributed by atoms with Crippen molar-refractivity contribution in [2.24, 2.45) is 0 Å². The minimum Gasteiger partial charge on any atom is -0.384 e. The van der Waals surface area contributed by atoms with E-state index in [0.717, 1.165) is 32.6 Å². The molecule has 0 aromatic rings. The van der Waals surface area contributed by atoms with Gasteiger partial charge in [0.15, 0.2) is 0 Å². The molecular formula is C11H23N3O3S. The first kappa shape index (κ1) is 14.2. The Labute approximate surface area is 109 Å². The molecule has 18 heavy (non-hydrogen) atoms. The number of nitrogens with zero attached hydrogens (tertiary/aromatic N) is 2. The zero-order valence-electron chi connectivity index (χ0n) is 11.0. The van der Waals surface area contributed by atoms with Crippen LogP contribution >= 0.6 is 0 Å². The number of hydrogen-bond acceptors (Lipinski definition) is 5. The first-order valence-electron chi connectivity index (χ1n) is 6.55. The van der Waals surface area contributed by atoms with E-state index in [-0.39, 0.29) is 12.4 Å². The highest BCUT2D eigenvalue weighted by molar-refractivity contribution is 7.89. The molecule has 0 bridgehead atoms. The van der Waals surface area contributed by atoms with E-state index >= 15 is 0 Å². The smallest absolute Gasteiger partial charge is 0.216 e. The Morgan fingerprint density at radius 3 is 2.67 bits per heavy atom. The highest BCUT2D eigenvalue weighted by Gasteiger charge is 2.34. The summed E-state index contributed by atoms with van der Waals surface area (Å²) in [7, 11) is -1.60. The van der Waals surface area contributed by atoms with Gasteiger partial charge in [-0.1, -0.05) is 0 Å². The maximum Gasteiger partial charge on any atom is 0.216 e. The van der Waals surface area contributed by atoms with Crippen molar-refractivity contribution in [2.75, 3.05) is 58.7 Å². The number of ether oxygens (including phenoxy) is 1. The summed E-state index contributed by atoms with van der Waals surface area (Å²) >= 11 is 0. The van der Waals surface area contributed by atoms with Crippen LogP contribution in [-0.4, -0.2) is 82.4 Å². The average molecular weight is 277 g/mol. The van der Waals surface area contributed by atoms with Gasteiger partial charge < -0.3 is 10.1 Å². The third kappa shape index (κ3) is 3.42. The van der Waals surface area contributed by atoms with Crippen LogP contribution in [-0.2, 0) is 14.8 Å². The summed E-state index contributed by atoms with van der Waals surface area (Å²) in [6, 6.07) is 0.393. The van der Waals surface area contributed by atoms with Gasteiger partial charge in [-0.3, -0.25) is 4.90 Å². The van der Waals surface area contributed by atoms with E-state index in [9.17, 15) is 8.42 Å². The molecule has 1 atom stereocenters. The molecule has 2 fully saturated rings. The number of piperazine rings is 1. The Balaban J connectivity index is 1.87. The maximum absolute atomic E-state index is 12.0. The third-order valence-corrected chi connectivity index (χ3v) is 5.53. The molecule has 2 saturated heterocycles. The lowest BCUT2D eigenvalue weighted by Gasteiger charge is -2.32. The van der Waals surface area contributed by atoms with Gasteiger partial charge in [0.25, 0.3) is 0 Å². The molecule has 1 unspecified atom stereocenters. The topological polar surface area (TPSA) is 61.9 Å². The van der Waals surface area contributed by atoms with Crippen LogP contribution in [0.25, 0.3) is 0 Å². The van der Waals surface area contributed by atoms with Crippen molar-refractivity contribution in [3.63, 3.8) is 0 Å². The van der Waals surface area contributed by atoms with Crippen LogP contribution in [0.15, 0.2) is 0 Å². The molecule has 7 heteroatoms. The van der Waals surface area contributed by atoms with Crippen LogP contribution in [0, 0.1) is 0 Å². The fraction of sp³-hybridized carbons (Fsp3) is 1.00. The van der Waals surface area contributed by atoms with Crippen molar-refractivity contribution in [1.82, 2.24) is 14.5 Å². The van der Waals surface area contributed by atoms with Gasteiger partial charge in [0, 0.05) is 52.4 Å². The van der Waals surface area contributed by atoms with Crippen LogP contribution < -0.4 is 5.32 Å². The molecule has 2 aliphatic heterocycles. The summed E-state index contributed by atoms with van der Waals surface area (Å²) in [5, 5.41) is 3.32. The molecule has 106 valence electrons. The number of methoxy groups -OCH3 is 1. The monoisotopic (exact) mass is 277 g/mol. The predicted molar refractivity (Wildman–Crippen MR) is 70.1 cm³/mol. The minimum absolute atomic E-state index is 0.0950. The molecule has 2 heterocycles. The van der Waals surface area contributed by atoms with Gasteiger partial charge in [-0.15, -0.1) is 0 Å². The second-order valence-corrected chi connectivity index (χ2v) is 6.98. The first-order chi connectivity index (χ1) is 8.63. The number of sulfonamides is 1. The molecule has 1 N–H and O–H groups in total. The molecule has 6 nitrogen and oxygen atoms in total. The normalized spacial score (nSPS) is 27.7. The van der Waals surface area contributed by atoms with E-state index in [2.05, 4.69) is 10.2 Å². The van der Waals surface area contributed by atoms with Gasteiger partial charge in [0.1, 0.15) is 0 Å². The quantitative estimate of drug-likeness (QED) is 0.694. The molecule has 0 aromatic carbocycles. The van der Waals surface area contributed by atoms with E-state index < -0.39 is 10.0 Å². The number of rotatable bonds is 5. The zero-order valence-corrected chi connectivity index (χ0v) is 11.8. The lowest BCUT2D eigenvalue weighted by molar-refractivity contribution is 0.179. The van der Waals surface area contributed by atoms with Crippen molar-refractivity contribution in [2.45, 2.75) is 12.5 Å². The Morgan fingerprint density at radius 1 is 1.28 bits per heavy atom. The molecular weight excluding hydrogens is 254 g/mol. The summed E-state index contributed by atoms with van der Waals surface area (Å²) in [4.78, 5) is 2.41. The van der Waals surface area contributed by atoms with Crippen LogP contribution in [0.3, 0.4) is 0 Å². The fourth-order valence-electron chi connectivity index (χ4n) is 2.63. The standard InChI is InChI=1S/C11H23N3O3S/c1-17-8-9-18(15,16)14-5-2-11(10-14)13-6-3-12-4-7-13/h11-12H,2-10H2,1H3. The molecule has 0 saturated carbocycles. The molecule has 0 aliphatic carbocycles. The molecule has 2 rings (SSSR count). The van der Waals surface area contributed by atoms with Crippen LogP contribution in [0.4, 0.5) is 0 Å². The lowest BCUT2D eigenvalue weighted by Crippen LogP contribution is -2.49. The van der Waals surface area contributed by atoms with Crippen molar-refractivity contribution in [1.29, 1.82) is 0 Å². The molecule has 0 aromatic heterocycles. The van der Waals surface area contributed by atoms with Crippen molar-refractivity contribution in [3.8, 4) is 0 Å². The highest BCUT2D eigenvalue weighted by atomic mass is 32.2. The van der Waals surface area contributed by atoms with Crippen LogP contribution in [0.2, 0.25) is 0 Å². The van der Waals surface area contributed by atoms with E-state index in [0.29, 0.717) is 19.1 Å². The van der Waals surface area contributed by atoms with Gasteiger partial charge in [-0.25, -0.2) is 12.7 Å². The Bertz CT molecular complexity index is 355. The molecule has 0 spiro atoms. The zero-order chi connectivity index (χ0) is 13.0. The van der Waals surface area contributed by atoms with Crippen molar-refractivity contribution in [3.05, 3.63) is 0 Å². The van der Waals surface area contributed by atoms with Gasteiger partial charge >= 0.3 is 0 Å². The van der Waals surface area contributed by atoms with Crippen LogP contribution in [0.1, 0.15) is 6.42 Å². The highest BCUT2D eigenvalue weighted by Crippen LogP contribution is 2.19. The number of nitrogens with one attached hydrogen (secondary N) is 1. The second kappa shape index (κ2) is 6.29. The summed E-state index contributed by atoms with van der Waals surface area (Å²) < 4.78 is 30.5. The van der Waals surface area contributed by atoms with E-state index in [4.69, 9.17) is 4.74 Å². The summed E-state index contributed by atoms with van der Waals surface area (Å²) in [6.07, 6.45) is 0.951. The Hall–Kier alpha value is -0.210. The summed E-state index contributed by atoms with van der Waals surface area (Å²) in [5.41, 5.74) is 0. The van der Waals surface area contributed by atoms with Crippen LogP contribution in [0.5, 0.6) is 0 Å². The molecule has 2 aliphatic rings. The second-order valence-electron chi connectivity index (χ2n) is 4.90. The number of hydrogen-bond donors (Lipinski definition) is 1. The fourth-order valence-corrected chi connectivity index (χ4v) is 4.04. The van der Waals surface area contributed by atoms with Gasteiger partial charge in [-0.05, 0) is 6.42 Å². The summed E-state index contributed by atoms with van der Waals surface area (Å²) in [5.74, 6) is 0.0950. The average Bonchev–Trinajstić information content (AvgIpc) is 2.88. The van der Waals surface area contributed by atoms with E-state index in [1.165, 1.54) is 7.11 Å². The maximum atomic E-state index is 12.0. The van der Waals surface area contributed by atoms with Crippen molar-refractivity contribution >= 4 is 10.0 Å². The predicted octanol–water partition coefficient (Wildman–Crippen LogP) is -1.06. The first-order valence-corrected chi connectivity index (χ1v) is 8.16. The lowest BCUT2D eigenvalue weighted by atomic mass is 10.2. The third-order valence-electron chi connectivity index (χ3n) is 3.73. The Morgan fingerprint density at radius 2 is 2.00 bits per heavy atom. The molecule has 0 radical (unpaired) electrons. The van der Waals surface area contributed by atoms with Gasteiger partial charge in [0.2, 0.25) is 10.0 Å². The summed E-state index contributed by atoms with van der Waals surface area (Å²) in [6.45, 7) is 5.64. The largest absolute Gasteiger partial charge is 0.384 e. The van der Waals surface area contributed by atoms with Gasteiger partial charge in [-0.2, -0.15) is 0 Å². The SMILES string of the molecule is COCCS(=O)(=O)N1CCC(N2CCNCC2)C1. The molecule has 0 amide bonds. The van der Waals surface area contributed by atoms with Crippen molar-refractivity contribution < 1.29 is 13.2 Å². The Kier molecular flexibility index (Phi) is 4.97. The van der Waals surface area contributed by atoms with E-state index in [1.54, 1.807) is 4.31 Å².